The molecule has 2 aromatic carbocycles. The normalized spacial score (nSPS) is 18.1. The van der Waals surface area contributed by atoms with E-state index in [0.29, 0.717) is 0 Å². The Hall–Kier alpha value is -2.02. The average molecular weight is 261 g/mol. The van der Waals surface area contributed by atoms with Crippen molar-refractivity contribution in [2.45, 2.75) is 32.1 Å². The van der Waals surface area contributed by atoms with Crippen molar-refractivity contribution in [3.63, 3.8) is 0 Å². The van der Waals surface area contributed by atoms with Crippen LogP contribution in [0.5, 0.6) is 0 Å². The molecular weight excluding hydrogens is 242 g/mol. The summed E-state index contributed by atoms with van der Waals surface area (Å²) in [6.07, 6.45) is 8.33. The van der Waals surface area contributed by atoms with E-state index in [2.05, 4.69) is 54.0 Å². The van der Waals surface area contributed by atoms with Crippen molar-refractivity contribution in [2.24, 2.45) is 0 Å². The highest BCUT2D eigenvalue weighted by Crippen LogP contribution is 2.32. The third-order valence-corrected chi connectivity index (χ3v) is 4.54. The fourth-order valence-corrected chi connectivity index (χ4v) is 3.44. The topological polar surface area (TPSA) is 12.0 Å². The van der Waals surface area contributed by atoms with Crippen molar-refractivity contribution in [1.82, 2.24) is 0 Å². The third-order valence-electron chi connectivity index (χ3n) is 4.54. The minimum atomic E-state index is 1.15. The fraction of sp³-hybridized carbons (Fsp3) is 0.263. The number of hydrogen-bond acceptors (Lipinski definition) is 1. The minimum Gasteiger partial charge on any atom is -0.361 e. The first-order chi connectivity index (χ1) is 9.90. The molecule has 100 valence electrons. The molecule has 2 aromatic rings. The Morgan fingerprint density at radius 3 is 2.70 bits per heavy atom. The SMILES string of the molecule is C(/Nc1ccc2c(c1)CCC2)=C1/CCc2ccccc21. The Bertz CT molecular complexity index is 682. The number of nitrogens with one attached hydrogen (secondary N) is 1. The molecule has 0 saturated carbocycles. The lowest BCUT2D eigenvalue weighted by molar-refractivity contribution is 0.912. The highest BCUT2D eigenvalue weighted by atomic mass is 14.8. The molecule has 0 unspecified atom stereocenters. The lowest BCUT2D eigenvalue weighted by Gasteiger charge is -2.06. The zero-order valence-electron chi connectivity index (χ0n) is 11.7. The zero-order chi connectivity index (χ0) is 13.4. The van der Waals surface area contributed by atoms with Gasteiger partial charge in [-0.2, -0.15) is 0 Å². The van der Waals surface area contributed by atoms with Gasteiger partial charge < -0.3 is 5.32 Å². The molecule has 0 fully saturated rings. The van der Waals surface area contributed by atoms with Gasteiger partial charge in [-0.1, -0.05) is 30.3 Å². The lowest BCUT2D eigenvalue weighted by atomic mass is 10.1. The zero-order valence-corrected chi connectivity index (χ0v) is 11.7. The molecule has 0 saturated heterocycles. The van der Waals surface area contributed by atoms with Gasteiger partial charge in [0.25, 0.3) is 0 Å². The van der Waals surface area contributed by atoms with Gasteiger partial charge in [0.05, 0.1) is 0 Å². The number of aryl methyl sites for hydroxylation is 3. The van der Waals surface area contributed by atoms with Crippen LogP contribution in [-0.2, 0) is 19.3 Å². The van der Waals surface area contributed by atoms with Crippen molar-refractivity contribution >= 4 is 11.3 Å². The second-order valence-corrected chi connectivity index (χ2v) is 5.81. The van der Waals surface area contributed by atoms with Crippen LogP contribution in [0, 0.1) is 0 Å². The molecule has 1 N–H and O–H groups in total. The van der Waals surface area contributed by atoms with Crippen LogP contribution in [-0.4, -0.2) is 0 Å². The van der Waals surface area contributed by atoms with E-state index in [0.717, 1.165) is 6.42 Å². The summed E-state index contributed by atoms with van der Waals surface area (Å²) in [6.45, 7) is 0. The van der Waals surface area contributed by atoms with Crippen LogP contribution in [0.4, 0.5) is 5.69 Å². The van der Waals surface area contributed by atoms with Gasteiger partial charge in [-0.15, -0.1) is 0 Å². The molecule has 0 aromatic heterocycles. The van der Waals surface area contributed by atoms with Crippen LogP contribution in [0.3, 0.4) is 0 Å². The van der Waals surface area contributed by atoms with Crippen molar-refractivity contribution in [3.8, 4) is 0 Å². The highest BCUT2D eigenvalue weighted by Gasteiger charge is 2.15. The molecule has 0 aliphatic heterocycles. The molecule has 1 nitrogen and oxygen atoms in total. The van der Waals surface area contributed by atoms with Gasteiger partial charge in [0.1, 0.15) is 0 Å². The maximum Gasteiger partial charge on any atom is 0.0382 e. The van der Waals surface area contributed by atoms with Crippen molar-refractivity contribution in [1.29, 1.82) is 0 Å². The van der Waals surface area contributed by atoms with E-state index in [1.54, 1.807) is 0 Å². The van der Waals surface area contributed by atoms with Crippen LogP contribution in [0.25, 0.3) is 5.57 Å². The maximum absolute atomic E-state index is 3.50. The van der Waals surface area contributed by atoms with E-state index in [1.165, 1.54) is 59.2 Å². The van der Waals surface area contributed by atoms with Crippen molar-refractivity contribution in [2.75, 3.05) is 5.32 Å². The number of hydrogen-bond donors (Lipinski definition) is 1. The molecule has 0 heterocycles. The Morgan fingerprint density at radius 1 is 0.800 bits per heavy atom. The van der Waals surface area contributed by atoms with Gasteiger partial charge >= 0.3 is 0 Å². The largest absolute Gasteiger partial charge is 0.361 e. The quantitative estimate of drug-likeness (QED) is 0.834. The molecule has 0 atom stereocenters. The molecule has 0 spiro atoms. The van der Waals surface area contributed by atoms with Gasteiger partial charge in [0.2, 0.25) is 0 Å². The second kappa shape index (κ2) is 4.82. The summed E-state index contributed by atoms with van der Waals surface area (Å²) in [5.41, 5.74) is 8.62. The van der Waals surface area contributed by atoms with E-state index in [4.69, 9.17) is 0 Å². The number of anilines is 1. The van der Waals surface area contributed by atoms with Gasteiger partial charge in [-0.25, -0.2) is 0 Å². The first kappa shape index (κ1) is 11.8. The number of rotatable bonds is 2. The lowest BCUT2D eigenvalue weighted by Crippen LogP contribution is -1.92. The van der Waals surface area contributed by atoms with Gasteiger partial charge in [0, 0.05) is 11.9 Å². The molecule has 4 rings (SSSR count). The minimum absolute atomic E-state index is 1.15. The molecule has 0 radical (unpaired) electrons. The molecule has 20 heavy (non-hydrogen) atoms. The Kier molecular flexibility index (Phi) is 2.84. The van der Waals surface area contributed by atoms with Gasteiger partial charge in [-0.05, 0) is 72.1 Å². The highest BCUT2D eigenvalue weighted by molar-refractivity contribution is 5.74. The van der Waals surface area contributed by atoms with Gasteiger partial charge in [-0.3, -0.25) is 0 Å². The Labute approximate surface area is 120 Å². The fourth-order valence-electron chi connectivity index (χ4n) is 3.44. The summed E-state index contributed by atoms with van der Waals surface area (Å²) < 4.78 is 0. The van der Waals surface area contributed by atoms with E-state index in [1.807, 2.05) is 0 Å². The summed E-state index contributed by atoms with van der Waals surface area (Å²) in [5.74, 6) is 0. The van der Waals surface area contributed by atoms with Crippen LogP contribution in [0.1, 0.15) is 35.1 Å². The second-order valence-electron chi connectivity index (χ2n) is 5.81. The summed E-state index contributed by atoms with van der Waals surface area (Å²) in [4.78, 5) is 0. The molecule has 1 heteroatoms. The average Bonchev–Trinajstić information content (AvgIpc) is 3.11. The molecule has 2 aliphatic rings. The summed E-state index contributed by atoms with van der Waals surface area (Å²) >= 11 is 0. The first-order valence-corrected chi connectivity index (χ1v) is 7.56. The van der Waals surface area contributed by atoms with E-state index >= 15 is 0 Å². The Morgan fingerprint density at radius 2 is 1.70 bits per heavy atom. The van der Waals surface area contributed by atoms with Crippen LogP contribution in [0.2, 0.25) is 0 Å². The summed E-state index contributed by atoms with van der Waals surface area (Å²) in [6, 6.07) is 15.6. The number of allylic oxidation sites excluding steroid dienone is 1. The van der Waals surface area contributed by atoms with E-state index < -0.39 is 0 Å². The van der Waals surface area contributed by atoms with Crippen LogP contribution >= 0.6 is 0 Å². The predicted molar refractivity (Wildman–Crippen MR) is 84.8 cm³/mol. The van der Waals surface area contributed by atoms with Crippen LogP contribution in [0.15, 0.2) is 48.7 Å². The first-order valence-electron chi connectivity index (χ1n) is 7.56. The monoisotopic (exact) mass is 261 g/mol. The van der Waals surface area contributed by atoms with Crippen LogP contribution < -0.4 is 5.32 Å². The number of fused-ring (bicyclic) bond motifs is 2. The standard InChI is InChI=1S/C19H19N/c1-2-7-19-15(4-1)8-9-17(19)13-20-18-11-10-14-5-3-6-16(14)12-18/h1-2,4,7,10-13,20H,3,5-6,8-9H2/b17-13+. The third kappa shape index (κ3) is 2.03. The summed E-state index contributed by atoms with van der Waals surface area (Å²) in [5, 5.41) is 3.50. The predicted octanol–water partition coefficient (Wildman–Crippen LogP) is 4.57. The van der Waals surface area contributed by atoms with E-state index in [-0.39, 0.29) is 0 Å². The van der Waals surface area contributed by atoms with E-state index in [9.17, 15) is 0 Å². The summed E-state index contributed by atoms with van der Waals surface area (Å²) in [7, 11) is 0. The molecule has 0 bridgehead atoms. The maximum atomic E-state index is 3.50. The van der Waals surface area contributed by atoms with Gasteiger partial charge in [0.15, 0.2) is 0 Å². The molecular formula is C19H19N. The smallest absolute Gasteiger partial charge is 0.0382 e. The molecule has 0 amide bonds. The Balaban J connectivity index is 1.57. The van der Waals surface area contributed by atoms with Crippen molar-refractivity contribution in [3.05, 3.63) is 70.9 Å². The van der Waals surface area contributed by atoms with Crippen molar-refractivity contribution < 1.29 is 0 Å². The molecule has 2 aliphatic carbocycles. The number of benzene rings is 2.